The summed E-state index contributed by atoms with van der Waals surface area (Å²) in [5.41, 5.74) is 2.90. The van der Waals surface area contributed by atoms with Crippen LogP contribution in [0.1, 0.15) is 36.8 Å². The Kier molecular flexibility index (Phi) is 10.4. The van der Waals surface area contributed by atoms with Crippen LogP contribution in [0.25, 0.3) is 0 Å². The van der Waals surface area contributed by atoms with Crippen molar-refractivity contribution in [1.29, 1.82) is 0 Å². The van der Waals surface area contributed by atoms with E-state index in [1.165, 1.54) is 25.9 Å². The highest BCUT2D eigenvalue weighted by Gasteiger charge is 2.11. The summed E-state index contributed by atoms with van der Waals surface area (Å²) in [6.45, 7) is 6.54. The minimum atomic E-state index is -0.977. The van der Waals surface area contributed by atoms with Gasteiger partial charge < -0.3 is 25.4 Å². The first kappa shape index (κ1) is 26.0. The smallest absolute Gasteiger partial charge is 0.321 e. The van der Waals surface area contributed by atoms with Crippen molar-refractivity contribution >= 4 is 23.6 Å². The zero-order valence-corrected chi connectivity index (χ0v) is 20.3. The zero-order valence-electron chi connectivity index (χ0n) is 20.3. The number of urea groups is 1. The van der Waals surface area contributed by atoms with Crippen LogP contribution >= 0.6 is 0 Å². The summed E-state index contributed by atoms with van der Waals surface area (Å²) < 4.78 is 5.86. The minimum absolute atomic E-state index is 0.0240. The summed E-state index contributed by atoms with van der Waals surface area (Å²) in [4.78, 5) is 29.9. The Morgan fingerprint density at radius 2 is 1.77 bits per heavy atom. The number of likely N-dealkylation sites (tertiary alicyclic amines) is 1. The number of carbonyl (C=O) groups is 2. The fourth-order valence-corrected chi connectivity index (χ4v) is 3.66. The molecule has 0 bridgehead atoms. The Morgan fingerprint density at radius 1 is 1.06 bits per heavy atom. The molecule has 3 rings (SSSR count). The summed E-state index contributed by atoms with van der Waals surface area (Å²) in [5, 5.41) is 17.1. The van der Waals surface area contributed by atoms with Crippen molar-refractivity contribution < 1.29 is 19.4 Å². The van der Waals surface area contributed by atoms with Crippen LogP contribution < -0.4 is 20.7 Å². The number of carboxylic acids is 1. The Balaban J connectivity index is 1.54. The second kappa shape index (κ2) is 14.0. The molecular weight excluding hydrogens is 446 g/mol. The molecule has 1 aliphatic heterocycles. The predicted octanol–water partition coefficient (Wildman–Crippen LogP) is 3.60. The van der Waals surface area contributed by atoms with E-state index < -0.39 is 12.0 Å². The Morgan fingerprint density at radius 3 is 2.46 bits per heavy atom. The number of hydrogen-bond donors (Lipinski definition) is 4. The first-order valence-electron chi connectivity index (χ1n) is 12.1. The van der Waals surface area contributed by atoms with E-state index in [4.69, 9.17) is 9.84 Å². The molecule has 1 fully saturated rings. The van der Waals surface area contributed by atoms with E-state index in [1.807, 2.05) is 55.5 Å². The lowest BCUT2D eigenvalue weighted by atomic mass is 10.1. The van der Waals surface area contributed by atoms with E-state index in [9.17, 15) is 9.59 Å². The van der Waals surface area contributed by atoms with Crippen LogP contribution in [-0.2, 0) is 11.3 Å². The van der Waals surface area contributed by atoms with Crippen LogP contribution in [-0.4, -0.2) is 60.8 Å². The van der Waals surface area contributed by atoms with Crippen LogP contribution in [0.4, 0.5) is 10.5 Å². The van der Waals surface area contributed by atoms with Crippen molar-refractivity contribution in [3.63, 3.8) is 0 Å². The number of anilines is 1. The molecule has 2 aromatic rings. The molecule has 4 N–H and O–H groups in total. The van der Waals surface area contributed by atoms with Gasteiger partial charge in [-0.3, -0.25) is 10.1 Å². The summed E-state index contributed by atoms with van der Waals surface area (Å²) in [5.74, 6) is 0.0715. The van der Waals surface area contributed by atoms with Gasteiger partial charge in [-0.05, 0) is 69.1 Å². The SMILES string of the molecule is Cc1ccc(CN=C(NC(=O)NCCC(=O)O)Nc2ccc(OCCCN3CCCC3)cc2)cc1. The Labute approximate surface area is 206 Å². The number of hydrogen-bond acceptors (Lipinski definition) is 5. The summed E-state index contributed by atoms with van der Waals surface area (Å²) >= 11 is 0. The monoisotopic (exact) mass is 481 g/mol. The maximum absolute atomic E-state index is 12.2. The fraction of sp³-hybridized carbons (Fsp3) is 0.423. The zero-order chi connectivity index (χ0) is 24.9. The first-order valence-corrected chi connectivity index (χ1v) is 12.1. The van der Waals surface area contributed by atoms with Crippen LogP contribution in [0.2, 0.25) is 0 Å². The van der Waals surface area contributed by atoms with Crippen LogP contribution in [0.5, 0.6) is 5.75 Å². The lowest BCUT2D eigenvalue weighted by molar-refractivity contribution is -0.136. The normalized spacial score (nSPS) is 13.9. The summed E-state index contributed by atoms with van der Waals surface area (Å²) in [7, 11) is 0. The van der Waals surface area contributed by atoms with Gasteiger partial charge in [-0.2, -0.15) is 0 Å². The largest absolute Gasteiger partial charge is 0.494 e. The Hall–Kier alpha value is -3.59. The molecule has 35 heavy (non-hydrogen) atoms. The highest BCUT2D eigenvalue weighted by molar-refractivity contribution is 6.03. The molecule has 0 saturated carbocycles. The van der Waals surface area contributed by atoms with Gasteiger partial charge in [0.05, 0.1) is 19.6 Å². The van der Waals surface area contributed by atoms with E-state index in [2.05, 4.69) is 25.8 Å². The van der Waals surface area contributed by atoms with E-state index >= 15 is 0 Å². The molecule has 0 radical (unpaired) electrons. The minimum Gasteiger partial charge on any atom is -0.494 e. The quantitative estimate of drug-likeness (QED) is 0.221. The summed E-state index contributed by atoms with van der Waals surface area (Å²) in [6, 6.07) is 14.9. The number of amides is 2. The molecule has 188 valence electrons. The highest BCUT2D eigenvalue weighted by Crippen LogP contribution is 2.16. The molecule has 0 aliphatic carbocycles. The molecular formula is C26H35N5O4. The predicted molar refractivity (Wildman–Crippen MR) is 137 cm³/mol. The van der Waals surface area contributed by atoms with Gasteiger partial charge in [0.25, 0.3) is 0 Å². The third-order valence-corrected chi connectivity index (χ3v) is 5.60. The van der Waals surface area contributed by atoms with Gasteiger partial charge in [0, 0.05) is 18.8 Å². The third-order valence-electron chi connectivity index (χ3n) is 5.60. The number of ether oxygens (including phenoxy) is 1. The van der Waals surface area contributed by atoms with Crippen molar-refractivity contribution in [2.24, 2.45) is 4.99 Å². The van der Waals surface area contributed by atoms with Crippen molar-refractivity contribution in [1.82, 2.24) is 15.5 Å². The average Bonchev–Trinajstić information content (AvgIpc) is 3.36. The van der Waals surface area contributed by atoms with Gasteiger partial charge >= 0.3 is 12.0 Å². The molecule has 1 aliphatic rings. The number of carbonyl (C=O) groups excluding carboxylic acids is 1. The van der Waals surface area contributed by atoms with Gasteiger partial charge in [-0.1, -0.05) is 29.8 Å². The maximum Gasteiger partial charge on any atom is 0.321 e. The van der Waals surface area contributed by atoms with Gasteiger partial charge in [-0.15, -0.1) is 0 Å². The number of carboxylic acid groups (broad SMARTS) is 1. The number of nitrogens with one attached hydrogen (secondary N) is 3. The molecule has 2 aromatic carbocycles. The van der Waals surface area contributed by atoms with Gasteiger partial charge in [-0.25, -0.2) is 9.79 Å². The Bertz CT molecular complexity index is 970. The van der Waals surface area contributed by atoms with E-state index in [1.54, 1.807) is 0 Å². The number of aryl methyl sites for hydroxylation is 1. The van der Waals surface area contributed by atoms with E-state index in [0.717, 1.165) is 35.5 Å². The average molecular weight is 482 g/mol. The maximum atomic E-state index is 12.2. The topological polar surface area (TPSA) is 115 Å². The van der Waals surface area contributed by atoms with Gasteiger partial charge in [0.15, 0.2) is 0 Å². The van der Waals surface area contributed by atoms with Crippen molar-refractivity contribution in [3.05, 3.63) is 59.7 Å². The standard InChI is InChI=1S/C26H35N5O4/c1-20-5-7-21(8-6-20)19-28-25(30-26(34)27-14-13-24(32)33)29-22-9-11-23(12-10-22)35-18-4-17-31-15-2-3-16-31/h5-12H,2-4,13-19H2,1H3,(H,32,33)(H3,27,28,29,30,34). The molecule has 0 spiro atoms. The van der Waals surface area contributed by atoms with Gasteiger partial charge in [0.1, 0.15) is 5.75 Å². The number of guanidine groups is 1. The van der Waals surface area contributed by atoms with Crippen LogP contribution in [0, 0.1) is 6.92 Å². The van der Waals surface area contributed by atoms with E-state index in [-0.39, 0.29) is 18.9 Å². The first-order chi connectivity index (χ1) is 17.0. The number of aliphatic carboxylic acids is 1. The second-order valence-electron chi connectivity index (χ2n) is 8.58. The molecule has 9 nitrogen and oxygen atoms in total. The number of rotatable bonds is 11. The van der Waals surface area contributed by atoms with Crippen molar-refractivity contribution in [3.8, 4) is 5.75 Å². The van der Waals surface area contributed by atoms with Crippen molar-refractivity contribution in [2.45, 2.75) is 39.2 Å². The molecule has 0 unspecified atom stereocenters. The third kappa shape index (κ3) is 10.1. The number of benzene rings is 2. The van der Waals surface area contributed by atoms with Crippen LogP contribution in [0.3, 0.4) is 0 Å². The molecule has 0 atom stereocenters. The van der Waals surface area contributed by atoms with E-state index in [0.29, 0.717) is 13.2 Å². The lowest BCUT2D eigenvalue weighted by Gasteiger charge is -2.15. The van der Waals surface area contributed by atoms with Gasteiger partial charge in [0.2, 0.25) is 5.96 Å². The molecule has 2 amide bonds. The number of aliphatic imine (C=N–C) groups is 1. The molecule has 0 aromatic heterocycles. The fourth-order valence-electron chi connectivity index (χ4n) is 3.66. The highest BCUT2D eigenvalue weighted by atomic mass is 16.5. The van der Waals surface area contributed by atoms with Crippen molar-refractivity contribution in [2.75, 3.05) is 38.1 Å². The molecule has 9 heteroatoms. The summed E-state index contributed by atoms with van der Waals surface area (Å²) in [6.07, 6.45) is 3.43. The molecule has 1 heterocycles. The number of nitrogens with zero attached hydrogens (tertiary/aromatic N) is 2. The second-order valence-corrected chi connectivity index (χ2v) is 8.58. The lowest BCUT2D eigenvalue weighted by Crippen LogP contribution is -2.43. The van der Waals surface area contributed by atoms with Crippen LogP contribution in [0.15, 0.2) is 53.5 Å². The molecule has 1 saturated heterocycles.